The van der Waals surface area contributed by atoms with Gasteiger partial charge in [0.15, 0.2) is 12.4 Å². The smallest absolute Gasteiger partial charge is 0.257 e. The van der Waals surface area contributed by atoms with E-state index in [-0.39, 0.29) is 24.9 Å². The van der Waals surface area contributed by atoms with Gasteiger partial charge in [0.1, 0.15) is 0 Å². The molecule has 0 bridgehead atoms. The van der Waals surface area contributed by atoms with E-state index in [1.54, 1.807) is 25.3 Å². The first-order valence-electron chi connectivity index (χ1n) is 6.18. The molecule has 0 fully saturated rings. The lowest BCUT2D eigenvalue weighted by molar-refractivity contribution is -0.123. The van der Waals surface area contributed by atoms with E-state index in [0.29, 0.717) is 35.5 Å². The molecule has 0 heterocycles. The second-order valence-corrected chi connectivity index (χ2v) is 4.75. The van der Waals surface area contributed by atoms with Crippen molar-refractivity contribution in [1.82, 2.24) is 10.6 Å². The van der Waals surface area contributed by atoms with Crippen molar-refractivity contribution < 1.29 is 14.3 Å². The number of nitrogens with one attached hydrogen (secondary N) is 2. The molecular formula is C13H19Cl3N2O3. The highest BCUT2D eigenvalue weighted by Gasteiger charge is 2.08. The summed E-state index contributed by atoms with van der Waals surface area (Å²) in [5, 5.41) is 6.59. The molecule has 0 atom stereocenters. The SMILES string of the molecule is COCCNCCNC(=O)COc1c(Cl)cccc1Cl.Cl. The molecule has 5 nitrogen and oxygen atoms in total. The molecule has 0 spiro atoms. The molecule has 1 rings (SSSR count). The van der Waals surface area contributed by atoms with Gasteiger partial charge in [-0.1, -0.05) is 29.3 Å². The monoisotopic (exact) mass is 356 g/mol. The molecule has 0 aliphatic carbocycles. The Kier molecular flexibility index (Phi) is 11.5. The number of methoxy groups -OCH3 is 1. The van der Waals surface area contributed by atoms with Crippen LogP contribution in [0.15, 0.2) is 18.2 Å². The number of ether oxygens (including phenoxy) is 2. The molecule has 0 aliphatic heterocycles. The third kappa shape index (κ3) is 8.34. The van der Waals surface area contributed by atoms with Gasteiger partial charge >= 0.3 is 0 Å². The Labute approximate surface area is 140 Å². The molecule has 8 heteroatoms. The number of carbonyl (C=O) groups is 1. The lowest BCUT2D eigenvalue weighted by Crippen LogP contribution is -2.35. The second-order valence-electron chi connectivity index (χ2n) is 3.93. The lowest BCUT2D eigenvalue weighted by Gasteiger charge is -2.10. The zero-order valence-corrected chi connectivity index (χ0v) is 14.0. The molecule has 2 N–H and O–H groups in total. The normalized spacial score (nSPS) is 9.86. The predicted molar refractivity (Wildman–Crippen MR) is 87.0 cm³/mol. The fourth-order valence-electron chi connectivity index (χ4n) is 1.40. The number of halogens is 3. The summed E-state index contributed by atoms with van der Waals surface area (Å²) in [4.78, 5) is 11.6. The first kappa shape index (κ1) is 20.3. The second kappa shape index (κ2) is 11.9. The van der Waals surface area contributed by atoms with E-state index < -0.39 is 0 Å². The molecule has 1 amide bonds. The van der Waals surface area contributed by atoms with Gasteiger partial charge in [0.2, 0.25) is 0 Å². The first-order valence-corrected chi connectivity index (χ1v) is 6.94. The van der Waals surface area contributed by atoms with Crippen LogP contribution in [0.25, 0.3) is 0 Å². The van der Waals surface area contributed by atoms with E-state index in [4.69, 9.17) is 32.7 Å². The Balaban J connectivity index is 0.00000400. The quantitative estimate of drug-likeness (QED) is 0.665. The Bertz CT molecular complexity index is 413. The van der Waals surface area contributed by atoms with Crippen LogP contribution in [0.3, 0.4) is 0 Å². The summed E-state index contributed by atoms with van der Waals surface area (Å²) in [7, 11) is 1.64. The molecule has 1 aromatic rings. The highest BCUT2D eigenvalue weighted by molar-refractivity contribution is 6.37. The molecule has 120 valence electrons. The number of hydrogen-bond acceptors (Lipinski definition) is 4. The minimum absolute atomic E-state index is 0. The van der Waals surface area contributed by atoms with Gasteiger partial charge in [-0.25, -0.2) is 0 Å². The molecule has 1 aromatic carbocycles. The lowest BCUT2D eigenvalue weighted by atomic mass is 10.3. The molecule has 0 radical (unpaired) electrons. The molecule has 0 aromatic heterocycles. The van der Waals surface area contributed by atoms with Crippen LogP contribution in [0.5, 0.6) is 5.75 Å². The van der Waals surface area contributed by atoms with Crippen molar-refractivity contribution >= 4 is 41.5 Å². The zero-order chi connectivity index (χ0) is 14.8. The minimum Gasteiger partial charge on any atom is -0.481 e. The summed E-state index contributed by atoms with van der Waals surface area (Å²) < 4.78 is 10.2. The Hall–Kier alpha value is -0.720. The van der Waals surface area contributed by atoms with Crippen molar-refractivity contribution in [2.45, 2.75) is 0 Å². The van der Waals surface area contributed by atoms with Crippen molar-refractivity contribution in [3.8, 4) is 5.75 Å². The van der Waals surface area contributed by atoms with Crippen molar-refractivity contribution in [1.29, 1.82) is 0 Å². The van der Waals surface area contributed by atoms with Crippen LogP contribution < -0.4 is 15.4 Å². The van der Waals surface area contributed by atoms with E-state index in [9.17, 15) is 4.79 Å². The van der Waals surface area contributed by atoms with Crippen LogP contribution in [-0.2, 0) is 9.53 Å². The Morgan fingerprint density at radius 3 is 2.48 bits per heavy atom. The van der Waals surface area contributed by atoms with Gasteiger partial charge in [0.05, 0.1) is 16.7 Å². The maximum atomic E-state index is 11.6. The van der Waals surface area contributed by atoms with E-state index in [0.717, 1.165) is 6.54 Å². The molecule has 0 aliphatic rings. The fourth-order valence-corrected chi connectivity index (χ4v) is 1.91. The summed E-state index contributed by atoms with van der Waals surface area (Å²) in [5.74, 6) is 0.0960. The predicted octanol–water partition coefficient (Wildman–Crippen LogP) is 2.15. The van der Waals surface area contributed by atoms with Crippen LogP contribution in [0.1, 0.15) is 0 Å². The van der Waals surface area contributed by atoms with E-state index in [1.165, 1.54) is 0 Å². The number of hydrogen-bond donors (Lipinski definition) is 2. The van der Waals surface area contributed by atoms with E-state index >= 15 is 0 Å². The van der Waals surface area contributed by atoms with Gasteiger partial charge in [-0.3, -0.25) is 4.79 Å². The van der Waals surface area contributed by atoms with Crippen LogP contribution in [0.2, 0.25) is 10.0 Å². The highest BCUT2D eigenvalue weighted by Crippen LogP contribution is 2.32. The average Bonchev–Trinajstić information content (AvgIpc) is 2.42. The van der Waals surface area contributed by atoms with Gasteiger partial charge in [-0.05, 0) is 12.1 Å². The molecule has 0 unspecified atom stereocenters. The van der Waals surface area contributed by atoms with Crippen molar-refractivity contribution in [2.24, 2.45) is 0 Å². The summed E-state index contributed by atoms with van der Waals surface area (Å²) in [5.41, 5.74) is 0. The van der Waals surface area contributed by atoms with E-state index in [1.807, 2.05) is 0 Å². The van der Waals surface area contributed by atoms with Gasteiger partial charge in [-0.15, -0.1) is 12.4 Å². The van der Waals surface area contributed by atoms with Crippen molar-refractivity contribution in [3.63, 3.8) is 0 Å². The molecule has 0 saturated carbocycles. The summed E-state index contributed by atoms with van der Waals surface area (Å²) >= 11 is 11.9. The number of benzene rings is 1. The first-order chi connectivity index (χ1) is 9.65. The van der Waals surface area contributed by atoms with Crippen molar-refractivity contribution in [2.75, 3.05) is 40.0 Å². The maximum Gasteiger partial charge on any atom is 0.257 e. The summed E-state index contributed by atoms with van der Waals surface area (Å²) in [6.45, 7) is 2.45. The Morgan fingerprint density at radius 1 is 1.19 bits per heavy atom. The van der Waals surface area contributed by atoms with Crippen molar-refractivity contribution in [3.05, 3.63) is 28.2 Å². The average molecular weight is 358 g/mol. The molecular weight excluding hydrogens is 339 g/mol. The zero-order valence-electron chi connectivity index (χ0n) is 11.7. The topological polar surface area (TPSA) is 59.6 Å². The van der Waals surface area contributed by atoms with Crippen LogP contribution >= 0.6 is 35.6 Å². The third-order valence-corrected chi connectivity index (χ3v) is 2.97. The summed E-state index contributed by atoms with van der Waals surface area (Å²) in [6, 6.07) is 5.02. The number of rotatable bonds is 9. The van der Waals surface area contributed by atoms with Crippen LogP contribution in [-0.4, -0.2) is 45.9 Å². The van der Waals surface area contributed by atoms with Gasteiger partial charge < -0.3 is 20.1 Å². The number of amides is 1. The van der Waals surface area contributed by atoms with Crippen LogP contribution in [0.4, 0.5) is 0 Å². The Morgan fingerprint density at radius 2 is 1.86 bits per heavy atom. The van der Waals surface area contributed by atoms with Crippen LogP contribution in [0, 0.1) is 0 Å². The van der Waals surface area contributed by atoms with E-state index in [2.05, 4.69) is 10.6 Å². The maximum absolute atomic E-state index is 11.6. The summed E-state index contributed by atoms with van der Waals surface area (Å²) in [6.07, 6.45) is 0. The fraction of sp³-hybridized carbons (Fsp3) is 0.462. The highest BCUT2D eigenvalue weighted by atomic mass is 35.5. The van der Waals surface area contributed by atoms with Gasteiger partial charge in [0, 0.05) is 26.7 Å². The largest absolute Gasteiger partial charge is 0.481 e. The van der Waals surface area contributed by atoms with Gasteiger partial charge in [-0.2, -0.15) is 0 Å². The number of para-hydroxylation sites is 1. The standard InChI is InChI=1S/C13H18Cl2N2O3.ClH/c1-19-8-7-16-5-6-17-12(18)9-20-13-10(14)3-2-4-11(13)15;/h2-4,16H,5-9H2,1H3,(H,17,18);1H. The third-order valence-electron chi connectivity index (χ3n) is 2.37. The molecule has 21 heavy (non-hydrogen) atoms. The van der Waals surface area contributed by atoms with Gasteiger partial charge in [0.25, 0.3) is 5.91 Å². The number of carbonyl (C=O) groups excluding carboxylic acids is 1. The minimum atomic E-state index is -0.227. The molecule has 0 saturated heterocycles.